The van der Waals surface area contributed by atoms with E-state index in [-0.39, 0.29) is 24.3 Å². The molecule has 0 spiro atoms. The number of ether oxygens (including phenoxy) is 1. The van der Waals surface area contributed by atoms with Gasteiger partial charge in [0.05, 0.1) is 11.4 Å². The van der Waals surface area contributed by atoms with Crippen LogP contribution in [0.15, 0.2) is 59.6 Å². The topological polar surface area (TPSA) is 51.5 Å². The monoisotopic (exact) mass is 392 g/mol. The average molecular weight is 392 g/mol. The highest BCUT2D eigenvalue weighted by Gasteiger charge is 2.35. The molecular formula is C22H20N2O3S. The van der Waals surface area contributed by atoms with E-state index in [4.69, 9.17) is 4.74 Å². The number of aromatic nitrogens is 1. The van der Waals surface area contributed by atoms with Crippen LogP contribution >= 0.6 is 11.8 Å². The number of carbonyl (C=O) groups excluding carboxylic acids is 2. The second-order valence-electron chi connectivity index (χ2n) is 6.71. The third-order valence-corrected chi connectivity index (χ3v) is 5.57. The molecule has 0 saturated carbocycles. The van der Waals surface area contributed by atoms with Gasteiger partial charge in [0.25, 0.3) is 11.1 Å². The van der Waals surface area contributed by atoms with Gasteiger partial charge in [-0.2, -0.15) is 0 Å². The van der Waals surface area contributed by atoms with Crippen LogP contribution in [0.2, 0.25) is 0 Å². The maximum atomic E-state index is 12.7. The number of aryl methyl sites for hydroxylation is 2. The van der Waals surface area contributed by atoms with E-state index >= 15 is 0 Å². The average Bonchev–Trinajstić information content (AvgIpc) is 3.13. The van der Waals surface area contributed by atoms with E-state index in [0.29, 0.717) is 4.91 Å². The Balaban J connectivity index is 1.48. The molecule has 0 atom stereocenters. The minimum absolute atomic E-state index is 0.228. The van der Waals surface area contributed by atoms with Crippen LogP contribution in [0.3, 0.4) is 0 Å². The Bertz CT molecular complexity index is 1100. The Labute approximate surface area is 167 Å². The Morgan fingerprint density at radius 3 is 2.75 bits per heavy atom. The Hall–Kier alpha value is -2.99. The van der Waals surface area contributed by atoms with E-state index in [2.05, 4.69) is 0 Å². The Morgan fingerprint density at radius 2 is 1.93 bits per heavy atom. The summed E-state index contributed by atoms with van der Waals surface area (Å²) >= 11 is 0.977. The van der Waals surface area contributed by atoms with Crippen LogP contribution in [0.1, 0.15) is 11.1 Å². The zero-order chi connectivity index (χ0) is 19.7. The van der Waals surface area contributed by atoms with E-state index in [1.54, 1.807) is 6.08 Å². The van der Waals surface area contributed by atoms with Gasteiger partial charge in [0, 0.05) is 29.7 Å². The normalized spacial score (nSPS) is 15.8. The number of hydrogen-bond donors (Lipinski definition) is 0. The highest BCUT2D eigenvalue weighted by Crippen LogP contribution is 2.33. The number of hydrogen-bond acceptors (Lipinski definition) is 4. The lowest BCUT2D eigenvalue weighted by atomic mass is 10.1. The van der Waals surface area contributed by atoms with Crippen molar-refractivity contribution in [2.45, 2.75) is 6.92 Å². The molecule has 0 N–H and O–H groups in total. The molecule has 2 heterocycles. The zero-order valence-electron chi connectivity index (χ0n) is 15.7. The summed E-state index contributed by atoms with van der Waals surface area (Å²) < 4.78 is 7.70. The molecule has 1 aliphatic heterocycles. The SMILES string of the molecule is Cc1cccc(OCCN2C(=O)S/C(=C\c3cn(C)c4ccccc34)C2=O)c1. The van der Waals surface area contributed by atoms with Crippen molar-refractivity contribution in [2.24, 2.45) is 7.05 Å². The van der Waals surface area contributed by atoms with E-state index < -0.39 is 0 Å². The first-order valence-corrected chi connectivity index (χ1v) is 9.83. The minimum atomic E-state index is -0.268. The molecule has 1 saturated heterocycles. The van der Waals surface area contributed by atoms with E-state index in [1.807, 2.05) is 73.3 Å². The number of thioether (sulfide) groups is 1. The number of carbonyl (C=O) groups is 2. The zero-order valence-corrected chi connectivity index (χ0v) is 16.5. The quantitative estimate of drug-likeness (QED) is 0.596. The van der Waals surface area contributed by atoms with Crippen LogP contribution in [0.5, 0.6) is 5.75 Å². The second kappa shape index (κ2) is 7.56. The summed E-state index contributed by atoms with van der Waals surface area (Å²) in [5.41, 5.74) is 3.11. The molecule has 0 unspecified atom stereocenters. The van der Waals surface area contributed by atoms with Crippen LogP contribution in [-0.2, 0) is 11.8 Å². The van der Waals surface area contributed by atoms with Crippen molar-refractivity contribution in [2.75, 3.05) is 13.2 Å². The predicted molar refractivity (Wildman–Crippen MR) is 112 cm³/mol. The number of imide groups is 1. The Morgan fingerprint density at radius 1 is 1.11 bits per heavy atom. The lowest BCUT2D eigenvalue weighted by molar-refractivity contribution is -0.123. The van der Waals surface area contributed by atoms with Gasteiger partial charge in [0.1, 0.15) is 12.4 Å². The first kappa shape index (κ1) is 18.4. The molecule has 2 amide bonds. The van der Waals surface area contributed by atoms with Gasteiger partial charge in [-0.3, -0.25) is 14.5 Å². The molecule has 1 aromatic heterocycles. The van der Waals surface area contributed by atoms with Gasteiger partial charge in [0.15, 0.2) is 0 Å². The molecule has 0 bridgehead atoms. The molecule has 0 radical (unpaired) electrons. The van der Waals surface area contributed by atoms with E-state index in [0.717, 1.165) is 39.5 Å². The molecule has 1 aliphatic rings. The van der Waals surface area contributed by atoms with Gasteiger partial charge < -0.3 is 9.30 Å². The molecule has 6 heteroatoms. The molecule has 142 valence electrons. The summed E-state index contributed by atoms with van der Waals surface area (Å²) in [5, 5.41) is 0.795. The van der Waals surface area contributed by atoms with Gasteiger partial charge in [-0.25, -0.2) is 0 Å². The van der Waals surface area contributed by atoms with Crippen LogP contribution in [0, 0.1) is 6.92 Å². The molecular weight excluding hydrogens is 372 g/mol. The fourth-order valence-corrected chi connectivity index (χ4v) is 4.14. The highest BCUT2D eigenvalue weighted by molar-refractivity contribution is 8.18. The molecule has 5 nitrogen and oxygen atoms in total. The first-order chi connectivity index (χ1) is 13.5. The summed E-state index contributed by atoms with van der Waals surface area (Å²) in [7, 11) is 1.97. The number of rotatable bonds is 5. The third-order valence-electron chi connectivity index (χ3n) is 4.66. The minimum Gasteiger partial charge on any atom is -0.492 e. The summed E-state index contributed by atoms with van der Waals surface area (Å²) in [6.45, 7) is 2.48. The third kappa shape index (κ3) is 3.55. The summed E-state index contributed by atoms with van der Waals surface area (Å²) in [5.74, 6) is 0.467. The first-order valence-electron chi connectivity index (χ1n) is 9.02. The van der Waals surface area contributed by atoms with Crippen molar-refractivity contribution in [1.29, 1.82) is 0 Å². The number of benzene rings is 2. The lowest BCUT2D eigenvalue weighted by Crippen LogP contribution is -2.32. The van der Waals surface area contributed by atoms with Crippen molar-refractivity contribution < 1.29 is 14.3 Å². The number of nitrogens with zero attached hydrogens (tertiary/aromatic N) is 2. The van der Waals surface area contributed by atoms with Gasteiger partial charge in [-0.05, 0) is 48.5 Å². The molecule has 3 aromatic rings. The van der Waals surface area contributed by atoms with Crippen LogP contribution in [-0.4, -0.2) is 33.8 Å². The molecule has 1 fully saturated rings. The lowest BCUT2D eigenvalue weighted by Gasteiger charge is -2.13. The van der Waals surface area contributed by atoms with E-state index in [1.165, 1.54) is 4.90 Å². The van der Waals surface area contributed by atoms with Gasteiger partial charge in [-0.1, -0.05) is 30.3 Å². The highest BCUT2D eigenvalue weighted by atomic mass is 32.2. The molecule has 28 heavy (non-hydrogen) atoms. The Kier molecular flexibility index (Phi) is 4.96. The van der Waals surface area contributed by atoms with Crippen molar-refractivity contribution in [3.05, 3.63) is 70.8 Å². The maximum Gasteiger partial charge on any atom is 0.293 e. The van der Waals surface area contributed by atoms with Crippen molar-refractivity contribution in [1.82, 2.24) is 9.47 Å². The second-order valence-corrected chi connectivity index (χ2v) is 7.70. The fourth-order valence-electron chi connectivity index (χ4n) is 3.28. The number of amides is 2. The summed E-state index contributed by atoms with van der Waals surface area (Å²) in [4.78, 5) is 26.7. The smallest absolute Gasteiger partial charge is 0.293 e. The van der Waals surface area contributed by atoms with Gasteiger partial charge in [-0.15, -0.1) is 0 Å². The van der Waals surface area contributed by atoms with Crippen molar-refractivity contribution in [3.63, 3.8) is 0 Å². The summed E-state index contributed by atoms with van der Waals surface area (Å²) in [6.07, 6.45) is 3.77. The summed E-state index contributed by atoms with van der Waals surface area (Å²) in [6, 6.07) is 15.7. The van der Waals surface area contributed by atoms with Crippen LogP contribution < -0.4 is 4.74 Å². The van der Waals surface area contributed by atoms with Gasteiger partial charge in [0.2, 0.25) is 0 Å². The molecule has 0 aliphatic carbocycles. The van der Waals surface area contributed by atoms with Crippen molar-refractivity contribution >= 4 is 39.9 Å². The molecule has 2 aromatic carbocycles. The fraction of sp³-hybridized carbons (Fsp3) is 0.182. The largest absolute Gasteiger partial charge is 0.492 e. The molecule has 4 rings (SSSR count). The van der Waals surface area contributed by atoms with Crippen LogP contribution in [0.4, 0.5) is 4.79 Å². The van der Waals surface area contributed by atoms with E-state index in [9.17, 15) is 9.59 Å². The maximum absolute atomic E-state index is 12.7. The van der Waals surface area contributed by atoms with Crippen molar-refractivity contribution in [3.8, 4) is 5.75 Å². The standard InChI is InChI=1S/C22H20N2O3S/c1-15-6-5-7-17(12-15)27-11-10-24-21(25)20(28-22(24)26)13-16-14-23(2)19-9-4-3-8-18(16)19/h3-9,12-14H,10-11H2,1-2H3/b20-13-. The van der Waals surface area contributed by atoms with Gasteiger partial charge >= 0.3 is 0 Å². The predicted octanol–water partition coefficient (Wildman–Crippen LogP) is 4.60. The number of fused-ring (bicyclic) bond motifs is 1. The van der Waals surface area contributed by atoms with Crippen LogP contribution in [0.25, 0.3) is 17.0 Å². The number of para-hydroxylation sites is 1.